The first kappa shape index (κ1) is 15.8. The number of nitrogens with zero attached hydrogens (tertiary/aromatic N) is 1. The van der Waals surface area contributed by atoms with Gasteiger partial charge in [-0.15, -0.1) is 0 Å². The fourth-order valence-electron chi connectivity index (χ4n) is 4.66. The third kappa shape index (κ3) is 3.31. The summed E-state index contributed by atoms with van der Waals surface area (Å²) < 4.78 is 0. The highest BCUT2D eigenvalue weighted by molar-refractivity contribution is 5.89. The van der Waals surface area contributed by atoms with Crippen LogP contribution in [-0.4, -0.2) is 35.3 Å². The molecule has 124 valence electrons. The Hall–Kier alpha value is -1.06. The van der Waals surface area contributed by atoms with Gasteiger partial charge in [-0.1, -0.05) is 26.7 Å². The van der Waals surface area contributed by atoms with E-state index in [9.17, 15) is 9.59 Å². The number of hydrogen-bond donors (Lipinski definition) is 1. The molecule has 0 unspecified atom stereocenters. The third-order valence-corrected chi connectivity index (χ3v) is 6.05. The van der Waals surface area contributed by atoms with Gasteiger partial charge in [0.2, 0.25) is 11.8 Å². The molecule has 1 N–H and O–H groups in total. The lowest BCUT2D eigenvalue weighted by molar-refractivity contribution is -0.130. The highest BCUT2D eigenvalue weighted by Crippen LogP contribution is 2.31. The van der Waals surface area contributed by atoms with Crippen LogP contribution in [0.25, 0.3) is 0 Å². The van der Waals surface area contributed by atoms with Gasteiger partial charge < -0.3 is 10.2 Å². The highest BCUT2D eigenvalue weighted by Gasteiger charge is 2.39. The first-order valence-electron chi connectivity index (χ1n) is 9.14. The van der Waals surface area contributed by atoms with E-state index >= 15 is 0 Å². The molecule has 0 radical (unpaired) electrons. The van der Waals surface area contributed by atoms with E-state index in [1.165, 1.54) is 25.7 Å². The van der Waals surface area contributed by atoms with E-state index in [1.54, 1.807) is 0 Å². The largest absolute Gasteiger partial charge is 0.353 e. The molecule has 2 amide bonds. The second-order valence-corrected chi connectivity index (χ2v) is 7.90. The number of carbonyl (C=O) groups is 2. The zero-order valence-corrected chi connectivity index (χ0v) is 14.0. The molecule has 0 aromatic rings. The smallest absolute Gasteiger partial charge is 0.225 e. The molecule has 0 spiro atoms. The second kappa shape index (κ2) is 6.59. The van der Waals surface area contributed by atoms with E-state index in [-0.39, 0.29) is 17.7 Å². The summed E-state index contributed by atoms with van der Waals surface area (Å²) in [5.74, 6) is 1.50. The van der Waals surface area contributed by atoms with Crippen molar-refractivity contribution in [3.8, 4) is 0 Å². The summed E-state index contributed by atoms with van der Waals surface area (Å²) in [6, 6.07) is 0.707. The number of nitrogens with one attached hydrogen (secondary N) is 1. The van der Waals surface area contributed by atoms with E-state index in [1.807, 2.05) is 4.90 Å². The van der Waals surface area contributed by atoms with Crippen molar-refractivity contribution in [3.63, 3.8) is 0 Å². The van der Waals surface area contributed by atoms with Crippen LogP contribution in [-0.2, 0) is 9.59 Å². The first-order chi connectivity index (χ1) is 10.5. The van der Waals surface area contributed by atoms with Crippen LogP contribution in [0.5, 0.6) is 0 Å². The highest BCUT2D eigenvalue weighted by atomic mass is 16.2. The predicted molar refractivity (Wildman–Crippen MR) is 86.2 cm³/mol. The summed E-state index contributed by atoms with van der Waals surface area (Å²) >= 11 is 0. The van der Waals surface area contributed by atoms with Crippen molar-refractivity contribution in [2.75, 3.05) is 6.54 Å². The fraction of sp³-hybridized carbons (Fsp3) is 0.889. The average Bonchev–Trinajstić information content (AvgIpc) is 3.10. The molecular formula is C18H30N2O2. The van der Waals surface area contributed by atoms with E-state index in [0.717, 1.165) is 25.2 Å². The van der Waals surface area contributed by atoms with Gasteiger partial charge in [0.05, 0.1) is 5.92 Å². The molecule has 3 aliphatic rings. The lowest BCUT2D eigenvalue weighted by Crippen LogP contribution is -2.45. The number of likely N-dealkylation sites (tertiary alicyclic amines) is 1. The van der Waals surface area contributed by atoms with Crippen LogP contribution in [0.4, 0.5) is 0 Å². The Kier molecular flexibility index (Phi) is 4.74. The molecule has 3 rings (SSSR count). The molecule has 1 aliphatic heterocycles. The summed E-state index contributed by atoms with van der Waals surface area (Å²) in [5.41, 5.74) is 0. The SMILES string of the molecule is C[C@@H]1CC[C@H](NC(=O)[C@H]2CC(=O)N(C3CCCC3)C2)[C@@H](C)C1. The van der Waals surface area contributed by atoms with Gasteiger partial charge >= 0.3 is 0 Å². The first-order valence-corrected chi connectivity index (χ1v) is 9.14. The number of rotatable bonds is 3. The van der Waals surface area contributed by atoms with Gasteiger partial charge in [0.1, 0.15) is 0 Å². The minimum Gasteiger partial charge on any atom is -0.353 e. The van der Waals surface area contributed by atoms with E-state index in [2.05, 4.69) is 19.2 Å². The van der Waals surface area contributed by atoms with Crippen LogP contribution < -0.4 is 5.32 Å². The molecule has 22 heavy (non-hydrogen) atoms. The number of hydrogen-bond acceptors (Lipinski definition) is 2. The predicted octanol–water partition coefficient (Wildman–Crippen LogP) is 2.72. The van der Waals surface area contributed by atoms with Crippen molar-refractivity contribution in [2.45, 2.75) is 77.3 Å². The van der Waals surface area contributed by atoms with Crippen LogP contribution in [0.2, 0.25) is 0 Å². The fourth-order valence-corrected chi connectivity index (χ4v) is 4.66. The van der Waals surface area contributed by atoms with Crippen LogP contribution in [0.15, 0.2) is 0 Å². The van der Waals surface area contributed by atoms with Crippen molar-refractivity contribution in [1.29, 1.82) is 0 Å². The van der Waals surface area contributed by atoms with Crippen molar-refractivity contribution < 1.29 is 9.59 Å². The minimum atomic E-state index is -0.125. The van der Waals surface area contributed by atoms with Gasteiger partial charge in [0, 0.05) is 25.0 Å². The van der Waals surface area contributed by atoms with Gasteiger partial charge in [-0.05, 0) is 43.9 Å². The molecule has 0 aromatic carbocycles. The number of carbonyl (C=O) groups excluding carboxylic acids is 2. The maximum Gasteiger partial charge on any atom is 0.225 e. The van der Waals surface area contributed by atoms with E-state index in [0.29, 0.717) is 31.0 Å². The summed E-state index contributed by atoms with van der Waals surface area (Å²) in [5, 5.41) is 3.24. The topological polar surface area (TPSA) is 49.4 Å². The molecule has 3 fully saturated rings. The zero-order chi connectivity index (χ0) is 15.7. The van der Waals surface area contributed by atoms with Gasteiger partial charge in [0.25, 0.3) is 0 Å². The zero-order valence-electron chi connectivity index (χ0n) is 14.0. The molecule has 2 saturated carbocycles. The molecule has 4 atom stereocenters. The molecule has 0 bridgehead atoms. The lowest BCUT2D eigenvalue weighted by Gasteiger charge is -2.33. The average molecular weight is 306 g/mol. The molecule has 1 heterocycles. The Balaban J connectivity index is 1.53. The van der Waals surface area contributed by atoms with Crippen LogP contribution in [0.3, 0.4) is 0 Å². The Morgan fingerprint density at radius 2 is 1.86 bits per heavy atom. The summed E-state index contributed by atoms with van der Waals surface area (Å²) in [7, 11) is 0. The van der Waals surface area contributed by atoms with Crippen LogP contribution >= 0.6 is 0 Å². The Labute approximate surface area is 134 Å². The molecule has 1 saturated heterocycles. The Morgan fingerprint density at radius 3 is 2.55 bits per heavy atom. The third-order valence-electron chi connectivity index (χ3n) is 6.05. The van der Waals surface area contributed by atoms with Crippen molar-refractivity contribution in [2.24, 2.45) is 17.8 Å². The van der Waals surface area contributed by atoms with Gasteiger partial charge in [-0.25, -0.2) is 0 Å². The maximum absolute atomic E-state index is 12.6. The van der Waals surface area contributed by atoms with Gasteiger partial charge in [0.15, 0.2) is 0 Å². The molecule has 4 heteroatoms. The van der Waals surface area contributed by atoms with E-state index in [4.69, 9.17) is 0 Å². The normalized spacial score (nSPS) is 36.8. The second-order valence-electron chi connectivity index (χ2n) is 7.90. The van der Waals surface area contributed by atoms with Crippen LogP contribution in [0, 0.1) is 17.8 Å². The lowest BCUT2D eigenvalue weighted by atomic mass is 9.79. The molecular weight excluding hydrogens is 276 g/mol. The minimum absolute atomic E-state index is 0.111. The summed E-state index contributed by atoms with van der Waals surface area (Å²) in [6.07, 6.45) is 8.60. The standard InChI is InChI=1S/C18H30N2O2/c1-12-7-8-16(13(2)9-12)19-18(22)14-10-17(21)20(11-14)15-5-3-4-6-15/h12-16H,3-11H2,1-2H3,(H,19,22)/t12-,13+,14+,16+/m1/s1. The van der Waals surface area contributed by atoms with Gasteiger partial charge in [-0.3, -0.25) is 9.59 Å². The molecule has 0 aromatic heterocycles. The van der Waals surface area contributed by atoms with E-state index < -0.39 is 0 Å². The summed E-state index contributed by atoms with van der Waals surface area (Å²) in [6.45, 7) is 5.18. The monoisotopic (exact) mass is 306 g/mol. The molecule has 2 aliphatic carbocycles. The quantitative estimate of drug-likeness (QED) is 0.871. The Morgan fingerprint density at radius 1 is 1.14 bits per heavy atom. The maximum atomic E-state index is 12.6. The summed E-state index contributed by atoms with van der Waals surface area (Å²) in [4.78, 5) is 26.8. The number of amides is 2. The van der Waals surface area contributed by atoms with Crippen molar-refractivity contribution in [1.82, 2.24) is 10.2 Å². The van der Waals surface area contributed by atoms with Gasteiger partial charge in [-0.2, -0.15) is 0 Å². The van der Waals surface area contributed by atoms with Crippen LogP contribution in [0.1, 0.15) is 65.2 Å². The Bertz CT molecular complexity index is 431. The van der Waals surface area contributed by atoms with Crippen molar-refractivity contribution in [3.05, 3.63) is 0 Å². The van der Waals surface area contributed by atoms with Crippen molar-refractivity contribution >= 4 is 11.8 Å². The molecule has 4 nitrogen and oxygen atoms in total.